The van der Waals surface area contributed by atoms with Gasteiger partial charge in [0.25, 0.3) is 0 Å². The van der Waals surface area contributed by atoms with Crippen LogP contribution in [0.4, 0.5) is 0 Å². The molecule has 0 bridgehead atoms. The number of hydrogen-bond acceptors (Lipinski definition) is 4. The number of nitrogens with one attached hydrogen (secondary N) is 2. The molecule has 0 unspecified atom stereocenters. The van der Waals surface area contributed by atoms with Gasteiger partial charge in [-0.25, -0.2) is 0 Å². The van der Waals surface area contributed by atoms with Crippen molar-refractivity contribution in [2.45, 2.75) is 19.9 Å². The topological polar surface area (TPSA) is 93.5 Å². The molecule has 0 spiro atoms. The summed E-state index contributed by atoms with van der Waals surface area (Å²) in [5.74, 6) is 0.0337. The fourth-order valence-corrected chi connectivity index (χ4v) is 1.75. The first-order chi connectivity index (χ1) is 10.4. The first kappa shape index (κ1) is 18.3. The second-order valence-electron chi connectivity index (χ2n) is 5.14. The third-order valence-electron chi connectivity index (χ3n) is 2.93. The summed E-state index contributed by atoms with van der Waals surface area (Å²) in [6.07, 6.45) is 0. The molecule has 0 saturated carbocycles. The van der Waals surface area contributed by atoms with E-state index >= 15 is 0 Å². The third-order valence-corrected chi connectivity index (χ3v) is 3.17. The first-order valence-corrected chi connectivity index (χ1v) is 7.46. The van der Waals surface area contributed by atoms with E-state index in [2.05, 4.69) is 10.6 Å². The predicted octanol–water partition coefficient (Wildman–Crippen LogP) is 0.935. The highest BCUT2D eigenvalue weighted by Gasteiger charge is 2.17. The number of rotatable bonds is 8. The van der Waals surface area contributed by atoms with Crippen LogP contribution in [0.3, 0.4) is 0 Å². The molecule has 1 atom stereocenters. The number of carbonyl (C=O) groups excluding carboxylic acids is 2. The maximum absolute atomic E-state index is 11.6. The molecule has 0 fully saturated rings. The van der Waals surface area contributed by atoms with Gasteiger partial charge in [-0.1, -0.05) is 31.5 Å². The van der Waals surface area contributed by atoms with Crippen molar-refractivity contribution in [3.05, 3.63) is 29.3 Å². The average molecular weight is 328 g/mol. The summed E-state index contributed by atoms with van der Waals surface area (Å²) in [6.45, 7) is 4.23. The molecule has 7 heteroatoms. The quantitative estimate of drug-likeness (QED) is 0.619. The number of hydrogen-bond donors (Lipinski definition) is 3. The van der Waals surface area contributed by atoms with Gasteiger partial charge in [0.05, 0.1) is 19.1 Å². The van der Waals surface area contributed by atoms with E-state index in [9.17, 15) is 9.59 Å². The lowest BCUT2D eigenvalue weighted by Crippen LogP contribution is -2.47. The van der Waals surface area contributed by atoms with Crippen molar-refractivity contribution in [2.24, 2.45) is 11.7 Å². The Morgan fingerprint density at radius 3 is 2.68 bits per heavy atom. The largest absolute Gasteiger partial charge is 0.492 e. The summed E-state index contributed by atoms with van der Waals surface area (Å²) in [5, 5.41) is 5.72. The Hall–Kier alpha value is -1.79. The highest BCUT2D eigenvalue weighted by molar-refractivity contribution is 6.30. The minimum Gasteiger partial charge on any atom is -0.492 e. The monoisotopic (exact) mass is 327 g/mol. The van der Waals surface area contributed by atoms with Crippen molar-refractivity contribution in [1.82, 2.24) is 10.6 Å². The molecule has 0 radical (unpaired) electrons. The first-order valence-electron chi connectivity index (χ1n) is 7.08. The lowest BCUT2D eigenvalue weighted by molar-refractivity contribution is -0.127. The Balaban J connectivity index is 2.17. The van der Waals surface area contributed by atoms with E-state index in [1.807, 2.05) is 13.8 Å². The zero-order valence-corrected chi connectivity index (χ0v) is 13.5. The van der Waals surface area contributed by atoms with Crippen molar-refractivity contribution in [2.75, 3.05) is 19.7 Å². The maximum Gasteiger partial charge on any atom is 0.239 e. The van der Waals surface area contributed by atoms with Gasteiger partial charge in [0.15, 0.2) is 0 Å². The Kier molecular flexibility index (Phi) is 7.70. The molecule has 0 aliphatic heterocycles. The second kappa shape index (κ2) is 9.27. The van der Waals surface area contributed by atoms with E-state index in [1.165, 1.54) is 0 Å². The number of nitrogens with two attached hydrogens (primary N) is 1. The van der Waals surface area contributed by atoms with Crippen LogP contribution in [0.5, 0.6) is 5.75 Å². The van der Waals surface area contributed by atoms with E-state index < -0.39 is 6.04 Å². The number of halogens is 1. The Morgan fingerprint density at radius 2 is 2.05 bits per heavy atom. The van der Waals surface area contributed by atoms with Gasteiger partial charge in [0.2, 0.25) is 11.8 Å². The SMILES string of the molecule is CC(C)[C@H](N)C(=O)NCC(=O)NCCOc1cccc(Cl)c1. The number of ether oxygens (including phenoxy) is 1. The lowest BCUT2D eigenvalue weighted by Gasteiger charge is -2.15. The van der Waals surface area contributed by atoms with Gasteiger partial charge in [-0.15, -0.1) is 0 Å². The zero-order valence-electron chi connectivity index (χ0n) is 12.8. The summed E-state index contributed by atoms with van der Waals surface area (Å²) in [4.78, 5) is 23.1. The van der Waals surface area contributed by atoms with Gasteiger partial charge in [-0.3, -0.25) is 9.59 Å². The van der Waals surface area contributed by atoms with Gasteiger partial charge in [0, 0.05) is 5.02 Å². The summed E-state index contributed by atoms with van der Waals surface area (Å²) in [5.41, 5.74) is 5.67. The summed E-state index contributed by atoms with van der Waals surface area (Å²) < 4.78 is 5.43. The molecule has 1 aromatic rings. The second-order valence-corrected chi connectivity index (χ2v) is 5.58. The van der Waals surface area contributed by atoms with Crippen LogP contribution in [-0.2, 0) is 9.59 Å². The van der Waals surface area contributed by atoms with E-state index in [0.717, 1.165) is 0 Å². The standard InChI is InChI=1S/C15H22ClN3O3/c1-10(2)14(17)15(21)19-9-13(20)18-6-7-22-12-5-3-4-11(16)8-12/h3-5,8,10,14H,6-7,9,17H2,1-2H3,(H,18,20)(H,19,21)/t14-/m0/s1. The molecule has 4 N–H and O–H groups in total. The molecule has 2 amide bonds. The molecule has 22 heavy (non-hydrogen) atoms. The van der Waals surface area contributed by atoms with Gasteiger partial charge >= 0.3 is 0 Å². The van der Waals surface area contributed by atoms with Crippen molar-refractivity contribution >= 4 is 23.4 Å². The van der Waals surface area contributed by atoms with Crippen LogP contribution < -0.4 is 21.1 Å². The van der Waals surface area contributed by atoms with E-state index in [-0.39, 0.29) is 24.3 Å². The minimum absolute atomic E-state index is 0.0224. The molecule has 0 aromatic heterocycles. The van der Waals surface area contributed by atoms with Crippen molar-refractivity contribution in [1.29, 1.82) is 0 Å². The van der Waals surface area contributed by atoms with Crippen LogP contribution in [0.15, 0.2) is 24.3 Å². The number of benzene rings is 1. The molecule has 0 aliphatic rings. The van der Waals surface area contributed by atoms with Gasteiger partial charge < -0.3 is 21.1 Å². The maximum atomic E-state index is 11.6. The van der Waals surface area contributed by atoms with E-state index in [0.29, 0.717) is 23.9 Å². The predicted molar refractivity (Wildman–Crippen MR) is 85.8 cm³/mol. The molecule has 6 nitrogen and oxygen atoms in total. The third kappa shape index (κ3) is 6.78. The number of carbonyl (C=O) groups is 2. The van der Waals surface area contributed by atoms with Crippen LogP contribution in [0.25, 0.3) is 0 Å². The van der Waals surface area contributed by atoms with E-state index in [4.69, 9.17) is 22.1 Å². The minimum atomic E-state index is -0.612. The fourth-order valence-electron chi connectivity index (χ4n) is 1.57. The van der Waals surface area contributed by atoms with E-state index in [1.54, 1.807) is 24.3 Å². The lowest BCUT2D eigenvalue weighted by atomic mass is 10.1. The molecule has 1 aromatic carbocycles. The van der Waals surface area contributed by atoms with Crippen molar-refractivity contribution in [3.63, 3.8) is 0 Å². The van der Waals surface area contributed by atoms with Crippen LogP contribution in [0.2, 0.25) is 5.02 Å². The van der Waals surface area contributed by atoms with Crippen LogP contribution in [0, 0.1) is 5.92 Å². The average Bonchev–Trinajstić information content (AvgIpc) is 2.48. The summed E-state index contributed by atoms with van der Waals surface area (Å²) in [6, 6.07) is 6.39. The summed E-state index contributed by atoms with van der Waals surface area (Å²) in [7, 11) is 0. The molecule has 0 aliphatic carbocycles. The Bertz CT molecular complexity index is 509. The Morgan fingerprint density at radius 1 is 1.32 bits per heavy atom. The molecule has 0 saturated heterocycles. The zero-order chi connectivity index (χ0) is 16.5. The fraction of sp³-hybridized carbons (Fsp3) is 0.467. The van der Waals surface area contributed by atoms with Crippen LogP contribution in [-0.4, -0.2) is 37.6 Å². The van der Waals surface area contributed by atoms with Crippen LogP contribution >= 0.6 is 11.6 Å². The normalized spacial score (nSPS) is 11.9. The molecular formula is C15H22ClN3O3. The number of amides is 2. The highest BCUT2D eigenvalue weighted by atomic mass is 35.5. The van der Waals surface area contributed by atoms with Crippen LogP contribution in [0.1, 0.15) is 13.8 Å². The molecular weight excluding hydrogens is 306 g/mol. The molecule has 122 valence electrons. The smallest absolute Gasteiger partial charge is 0.239 e. The molecule has 1 rings (SSSR count). The summed E-state index contributed by atoms with van der Waals surface area (Å²) >= 11 is 5.83. The van der Waals surface area contributed by atoms with Crippen molar-refractivity contribution in [3.8, 4) is 5.75 Å². The van der Waals surface area contributed by atoms with Gasteiger partial charge in [-0.05, 0) is 24.1 Å². The van der Waals surface area contributed by atoms with Crippen molar-refractivity contribution < 1.29 is 14.3 Å². The van der Waals surface area contributed by atoms with Gasteiger partial charge in [0.1, 0.15) is 12.4 Å². The Labute approximate surface area is 135 Å². The molecule has 0 heterocycles. The van der Waals surface area contributed by atoms with Gasteiger partial charge in [-0.2, -0.15) is 0 Å². The highest BCUT2D eigenvalue weighted by Crippen LogP contribution is 2.16.